The van der Waals surface area contributed by atoms with Crippen molar-refractivity contribution in [3.63, 3.8) is 0 Å². The van der Waals surface area contributed by atoms with Crippen LogP contribution in [0.3, 0.4) is 0 Å². The maximum atomic E-state index is 13.4. The number of allylic oxidation sites excluding steroid dienone is 2. The van der Waals surface area contributed by atoms with Crippen LogP contribution in [0.15, 0.2) is 35.5 Å². The van der Waals surface area contributed by atoms with Gasteiger partial charge in [-0.2, -0.15) is 0 Å². The molecule has 5 nitrogen and oxygen atoms in total. The third kappa shape index (κ3) is 4.20. The van der Waals surface area contributed by atoms with E-state index in [9.17, 15) is 14.7 Å². The second kappa shape index (κ2) is 8.47. The Morgan fingerprint density at radius 2 is 2.00 bits per heavy atom. The third-order valence-electron chi connectivity index (χ3n) is 6.78. The molecule has 5 heteroatoms. The fourth-order valence-corrected chi connectivity index (χ4v) is 5.29. The van der Waals surface area contributed by atoms with Gasteiger partial charge in [-0.3, -0.25) is 4.79 Å². The molecule has 0 aromatic rings. The van der Waals surface area contributed by atoms with Gasteiger partial charge in [0.1, 0.15) is 0 Å². The average Bonchev–Trinajstić information content (AvgIpc) is 2.89. The molecule has 0 bridgehead atoms. The van der Waals surface area contributed by atoms with Crippen molar-refractivity contribution in [1.82, 2.24) is 5.32 Å². The number of hydrogen-bond acceptors (Lipinski definition) is 4. The van der Waals surface area contributed by atoms with Gasteiger partial charge in [0.2, 0.25) is 5.60 Å². The lowest BCUT2D eigenvalue weighted by molar-refractivity contribution is -0.172. The predicted molar refractivity (Wildman–Crippen MR) is 113 cm³/mol. The maximum absolute atomic E-state index is 13.4. The van der Waals surface area contributed by atoms with Crippen molar-refractivity contribution < 1.29 is 19.4 Å². The van der Waals surface area contributed by atoms with Crippen LogP contribution in [-0.2, 0) is 14.3 Å². The lowest BCUT2D eigenvalue weighted by Gasteiger charge is -2.45. The van der Waals surface area contributed by atoms with E-state index < -0.39 is 17.7 Å². The topological polar surface area (TPSA) is 75.6 Å². The second-order valence-corrected chi connectivity index (χ2v) is 9.51. The Hall–Kier alpha value is -1.88. The first-order valence-corrected chi connectivity index (χ1v) is 10.9. The van der Waals surface area contributed by atoms with Crippen molar-refractivity contribution in [2.45, 2.75) is 78.0 Å². The Labute approximate surface area is 174 Å². The van der Waals surface area contributed by atoms with Crippen LogP contribution in [0.4, 0.5) is 0 Å². The van der Waals surface area contributed by atoms with E-state index in [4.69, 9.17) is 4.74 Å². The van der Waals surface area contributed by atoms with Crippen molar-refractivity contribution in [3.05, 3.63) is 35.5 Å². The van der Waals surface area contributed by atoms with Crippen molar-refractivity contribution in [3.8, 4) is 0 Å². The van der Waals surface area contributed by atoms with E-state index in [1.807, 2.05) is 0 Å². The highest BCUT2D eigenvalue weighted by atomic mass is 16.6. The number of rotatable bonds is 2. The van der Waals surface area contributed by atoms with E-state index in [-0.39, 0.29) is 29.7 Å². The lowest BCUT2D eigenvalue weighted by Crippen LogP contribution is -2.56. The zero-order valence-electron chi connectivity index (χ0n) is 18.3. The summed E-state index contributed by atoms with van der Waals surface area (Å²) >= 11 is 0. The van der Waals surface area contributed by atoms with Gasteiger partial charge in [0.25, 0.3) is 5.91 Å². The Morgan fingerprint density at radius 3 is 2.69 bits per heavy atom. The number of amides is 1. The second-order valence-electron chi connectivity index (χ2n) is 9.51. The van der Waals surface area contributed by atoms with Crippen molar-refractivity contribution in [1.29, 1.82) is 0 Å². The highest BCUT2D eigenvalue weighted by Crippen LogP contribution is 2.50. The Balaban J connectivity index is 2.13. The molecule has 2 N–H and O–H groups in total. The monoisotopic (exact) mass is 401 g/mol. The first kappa shape index (κ1) is 21.8. The number of nitrogens with one attached hydrogen (secondary N) is 1. The molecule has 1 fully saturated rings. The fourth-order valence-electron chi connectivity index (χ4n) is 5.29. The molecule has 160 valence electrons. The maximum Gasteiger partial charge on any atom is 0.331 e. The average molecular weight is 402 g/mol. The minimum Gasteiger partial charge on any atom is -0.444 e. The molecule has 1 amide bonds. The van der Waals surface area contributed by atoms with Gasteiger partial charge >= 0.3 is 5.97 Å². The Kier molecular flexibility index (Phi) is 6.37. The van der Waals surface area contributed by atoms with Gasteiger partial charge < -0.3 is 15.2 Å². The van der Waals surface area contributed by atoms with Crippen LogP contribution >= 0.6 is 0 Å². The molecule has 1 spiro atoms. The summed E-state index contributed by atoms with van der Waals surface area (Å²) in [5, 5.41) is 13.3. The standard InChI is InChI=1S/C24H35NO4/c1-14(2)11-20-22-17(5)16(4)13-18-12-15(3)7-6-8-19(26)9-10-21(27)29-24(18,22)23(28)25-20/h9-10,12-14,17-20,22,26H,6-8,11H2,1-5H3,(H,25,28)/t17-,18+,19+,20+,22+,24-/m1/s1. The lowest BCUT2D eigenvalue weighted by atomic mass is 9.63. The van der Waals surface area contributed by atoms with Crippen LogP contribution in [0.25, 0.3) is 0 Å². The zero-order valence-corrected chi connectivity index (χ0v) is 18.3. The summed E-state index contributed by atoms with van der Waals surface area (Å²) in [5.41, 5.74) is 1.14. The quantitative estimate of drug-likeness (QED) is 0.547. The zero-order chi connectivity index (χ0) is 21.3. The number of hydrogen-bond donors (Lipinski definition) is 2. The molecule has 1 saturated heterocycles. The third-order valence-corrected chi connectivity index (χ3v) is 6.78. The molecule has 1 aliphatic carbocycles. The summed E-state index contributed by atoms with van der Waals surface area (Å²) in [7, 11) is 0. The van der Waals surface area contributed by atoms with Crippen LogP contribution < -0.4 is 5.32 Å². The van der Waals surface area contributed by atoms with Crippen LogP contribution in [0, 0.1) is 23.7 Å². The Morgan fingerprint density at radius 1 is 1.28 bits per heavy atom. The SMILES string of the molecule is CC1=C[C@H]2C=C(C)[C@@H](C)[C@H]3[C@H](CC(C)C)NC(=O)[C@@]23OC(=O)C=C[C@@H](O)CCC1. The van der Waals surface area contributed by atoms with Gasteiger partial charge in [0, 0.05) is 24.0 Å². The normalized spacial score (nSPS) is 38.1. The van der Waals surface area contributed by atoms with Crippen molar-refractivity contribution in [2.75, 3.05) is 0 Å². The molecular weight excluding hydrogens is 366 g/mol. The van der Waals surface area contributed by atoms with Gasteiger partial charge in [0.05, 0.1) is 6.10 Å². The van der Waals surface area contributed by atoms with E-state index >= 15 is 0 Å². The van der Waals surface area contributed by atoms with Crippen LogP contribution in [0.1, 0.15) is 60.3 Å². The smallest absolute Gasteiger partial charge is 0.331 e. The number of esters is 1. The van der Waals surface area contributed by atoms with Gasteiger partial charge in [-0.05, 0) is 57.4 Å². The Bertz CT molecular complexity index is 750. The fraction of sp³-hybridized carbons (Fsp3) is 0.667. The molecule has 29 heavy (non-hydrogen) atoms. The number of carbonyl (C=O) groups excluding carboxylic acids is 2. The van der Waals surface area contributed by atoms with Crippen LogP contribution in [0.2, 0.25) is 0 Å². The van der Waals surface area contributed by atoms with Crippen LogP contribution in [-0.4, -0.2) is 34.7 Å². The number of aliphatic hydroxyl groups is 1. The highest BCUT2D eigenvalue weighted by molar-refractivity contribution is 5.94. The van der Waals surface area contributed by atoms with Crippen LogP contribution in [0.5, 0.6) is 0 Å². The van der Waals surface area contributed by atoms with Gasteiger partial charge in [-0.15, -0.1) is 0 Å². The number of aliphatic hydroxyl groups excluding tert-OH is 1. The molecule has 0 aromatic heterocycles. The molecule has 3 rings (SSSR count). The van der Waals surface area contributed by atoms with Crippen molar-refractivity contribution in [2.24, 2.45) is 23.7 Å². The molecule has 2 aliphatic heterocycles. The molecule has 0 unspecified atom stereocenters. The summed E-state index contributed by atoms with van der Waals surface area (Å²) in [4.78, 5) is 26.2. The first-order valence-electron chi connectivity index (χ1n) is 10.9. The minimum absolute atomic E-state index is 0.0346. The van der Waals surface area contributed by atoms with Gasteiger partial charge in [0.15, 0.2) is 0 Å². The predicted octanol–water partition coefficient (Wildman–Crippen LogP) is 3.69. The summed E-state index contributed by atoms with van der Waals surface area (Å²) in [6.45, 7) is 10.6. The molecule has 0 saturated carbocycles. The number of carbonyl (C=O) groups is 2. The van der Waals surface area contributed by atoms with E-state index in [1.54, 1.807) is 0 Å². The van der Waals surface area contributed by atoms with Gasteiger partial charge in [-0.1, -0.05) is 44.1 Å². The molecule has 3 aliphatic rings. The summed E-state index contributed by atoms with van der Waals surface area (Å²) in [5.74, 6) is -0.632. The molecule has 0 aromatic carbocycles. The molecule has 2 heterocycles. The van der Waals surface area contributed by atoms with Crippen molar-refractivity contribution >= 4 is 11.9 Å². The highest BCUT2D eigenvalue weighted by Gasteiger charge is 2.64. The number of ether oxygens (including phenoxy) is 1. The van der Waals surface area contributed by atoms with E-state index in [0.717, 1.165) is 24.8 Å². The van der Waals surface area contributed by atoms with E-state index in [1.165, 1.54) is 17.7 Å². The molecular formula is C24H35NO4. The van der Waals surface area contributed by atoms with E-state index in [0.29, 0.717) is 12.3 Å². The molecule has 6 atom stereocenters. The minimum atomic E-state index is -1.24. The summed E-state index contributed by atoms with van der Waals surface area (Å²) in [6, 6.07) is -0.0346. The van der Waals surface area contributed by atoms with E-state index in [2.05, 4.69) is 52.1 Å². The largest absolute Gasteiger partial charge is 0.444 e. The first-order chi connectivity index (χ1) is 13.6. The molecule has 0 radical (unpaired) electrons. The summed E-state index contributed by atoms with van der Waals surface area (Å²) in [6.07, 6.45) is 9.40. The summed E-state index contributed by atoms with van der Waals surface area (Å²) < 4.78 is 6.04. The van der Waals surface area contributed by atoms with Gasteiger partial charge in [-0.25, -0.2) is 4.79 Å².